The van der Waals surface area contributed by atoms with Gasteiger partial charge in [0.25, 0.3) is 5.69 Å². The number of nitro groups is 1. The molecule has 1 saturated heterocycles. The van der Waals surface area contributed by atoms with Crippen LogP contribution in [-0.4, -0.2) is 57.6 Å². The zero-order valence-corrected chi connectivity index (χ0v) is 20.5. The third-order valence-electron chi connectivity index (χ3n) is 6.98. The second-order valence-electron chi connectivity index (χ2n) is 9.75. The molecular formula is C27H27FN6O3. The lowest BCUT2D eigenvalue weighted by Crippen LogP contribution is -2.44. The normalized spacial score (nSPS) is 16.3. The van der Waals surface area contributed by atoms with Crippen LogP contribution < -0.4 is 9.64 Å². The maximum atomic E-state index is 15.1. The molecule has 9 nitrogen and oxygen atoms in total. The second-order valence-corrected chi connectivity index (χ2v) is 9.75. The van der Waals surface area contributed by atoms with Crippen LogP contribution in [-0.2, 0) is 6.42 Å². The van der Waals surface area contributed by atoms with Gasteiger partial charge in [0, 0.05) is 50.9 Å². The lowest BCUT2D eigenvalue weighted by molar-refractivity contribution is -0.384. The number of anilines is 1. The fraction of sp³-hybridized carbons (Fsp3) is 0.333. The van der Waals surface area contributed by atoms with Crippen LogP contribution in [0.4, 0.5) is 15.8 Å². The summed E-state index contributed by atoms with van der Waals surface area (Å²) in [5.74, 6) is 0.897. The van der Waals surface area contributed by atoms with E-state index in [0.717, 1.165) is 55.6 Å². The SMILES string of the molecule is CN1CCN(c2ccc(Cc3nc(Oc4cccc([N+](=O)[O-])c4)c4ccn(C5CC5)c4n3)cc2F)CC1. The third kappa shape index (κ3) is 4.84. The number of hydrogen-bond donors (Lipinski definition) is 0. The predicted octanol–water partition coefficient (Wildman–Crippen LogP) is 4.95. The van der Waals surface area contributed by atoms with E-state index in [0.29, 0.717) is 35.6 Å². The van der Waals surface area contributed by atoms with Crippen LogP contribution in [0.25, 0.3) is 11.0 Å². The number of fused-ring (bicyclic) bond motifs is 1. The molecule has 6 rings (SSSR count). The fourth-order valence-electron chi connectivity index (χ4n) is 4.77. The molecule has 1 saturated carbocycles. The van der Waals surface area contributed by atoms with Crippen LogP contribution in [0.15, 0.2) is 54.7 Å². The van der Waals surface area contributed by atoms with E-state index < -0.39 is 4.92 Å². The average molecular weight is 503 g/mol. The molecule has 1 aliphatic carbocycles. The Labute approximate surface area is 213 Å². The standard InChI is InChI=1S/C27H27FN6O3/c1-31-11-13-32(14-12-31)24-8-5-18(15-23(24)28)16-25-29-26-22(9-10-33(26)19-6-7-19)27(30-25)37-21-4-2-3-20(17-21)34(35)36/h2-5,8-10,15,17,19H,6-7,11-14,16H2,1H3. The highest BCUT2D eigenvalue weighted by Gasteiger charge is 2.27. The maximum Gasteiger partial charge on any atom is 0.273 e. The highest BCUT2D eigenvalue weighted by Crippen LogP contribution is 2.39. The van der Waals surface area contributed by atoms with Crippen molar-refractivity contribution in [2.75, 3.05) is 38.1 Å². The molecule has 2 aromatic heterocycles. The number of ether oxygens (including phenoxy) is 1. The van der Waals surface area contributed by atoms with Gasteiger partial charge in [0.15, 0.2) is 0 Å². The van der Waals surface area contributed by atoms with Gasteiger partial charge in [-0.05, 0) is 49.7 Å². The summed E-state index contributed by atoms with van der Waals surface area (Å²) in [6.45, 7) is 3.40. The predicted molar refractivity (Wildman–Crippen MR) is 138 cm³/mol. The Bertz CT molecular complexity index is 1480. The Balaban J connectivity index is 1.32. The number of hydrogen-bond acceptors (Lipinski definition) is 7. The van der Waals surface area contributed by atoms with Crippen molar-refractivity contribution in [1.29, 1.82) is 0 Å². The quantitative estimate of drug-likeness (QED) is 0.261. The van der Waals surface area contributed by atoms with Gasteiger partial charge in [0.1, 0.15) is 23.0 Å². The minimum Gasteiger partial charge on any atom is -0.438 e. The summed E-state index contributed by atoms with van der Waals surface area (Å²) in [7, 11) is 2.07. The molecule has 190 valence electrons. The number of benzene rings is 2. The van der Waals surface area contributed by atoms with Gasteiger partial charge in [-0.15, -0.1) is 0 Å². The molecule has 2 aromatic carbocycles. The molecular weight excluding hydrogens is 475 g/mol. The summed E-state index contributed by atoms with van der Waals surface area (Å²) in [6, 6.07) is 13.6. The maximum absolute atomic E-state index is 15.1. The molecule has 10 heteroatoms. The van der Waals surface area contributed by atoms with Crippen LogP contribution in [0.3, 0.4) is 0 Å². The van der Waals surface area contributed by atoms with E-state index in [1.807, 2.05) is 24.4 Å². The summed E-state index contributed by atoms with van der Waals surface area (Å²) in [4.78, 5) is 24.5. The first-order chi connectivity index (χ1) is 17.9. The minimum atomic E-state index is -0.461. The summed E-state index contributed by atoms with van der Waals surface area (Å²) in [6.07, 6.45) is 4.48. The van der Waals surface area contributed by atoms with Crippen LogP contribution >= 0.6 is 0 Å². The van der Waals surface area contributed by atoms with E-state index in [9.17, 15) is 10.1 Å². The van der Waals surface area contributed by atoms with Crippen molar-refractivity contribution >= 4 is 22.4 Å². The highest BCUT2D eigenvalue weighted by molar-refractivity contribution is 5.82. The van der Waals surface area contributed by atoms with Gasteiger partial charge in [-0.1, -0.05) is 12.1 Å². The van der Waals surface area contributed by atoms with Crippen molar-refractivity contribution in [3.05, 3.63) is 82.0 Å². The van der Waals surface area contributed by atoms with Crippen LogP contribution in [0.1, 0.15) is 30.3 Å². The number of likely N-dealkylation sites (N-methyl/N-ethyl adjacent to an activating group) is 1. The number of halogens is 1. The number of piperazine rings is 1. The first-order valence-electron chi connectivity index (χ1n) is 12.5. The van der Waals surface area contributed by atoms with E-state index >= 15 is 4.39 Å². The van der Waals surface area contributed by atoms with Crippen molar-refractivity contribution in [3.8, 4) is 11.6 Å². The highest BCUT2D eigenvalue weighted by atomic mass is 19.1. The van der Waals surface area contributed by atoms with E-state index in [2.05, 4.69) is 26.4 Å². The summed E-state index contributed by atoms with van der Waals surface area (Å²) in [5.41, 5.74) is 2.07. The molecule has 0 radical (unpaired) electrons. The van der Waals surface area contributed by atoms with Gasteiger partial charge in [0.05, 0.1) is 22.1 Å². The van der Waals surface area contributed by atoms with Gasteiger partial charge in [-0.3, -0.25) is 10.1 Å². The topological polar surface area (TPSA) is 89.6 Å². The van der Waals surface area contributed by atoms with E-state index in [4.69, 9.17) is 9.72 Å². The molecule has 0 atom stereocenters. The minimum absolute atomic E-state index is 0.0607. The van der Waals surface area contributed by atoms with Gasteiger partial charge in [0.2, 0.25) is 5.88 Å². The Morgan fingerprint density at radius 2 is 1.89 bits per heavy atom. The van der Waals surface area contributed by atoms with E-state index in [1.165, 1.54) is 12.1 Å². The average Bonchev–Trinajstić information content (AvgIpc) is 3.64. The summed E-state index contributed by atoms with van der Waals surface area (Å²) < 4.78 is 23.3. The fourth-order valence-corrected chi connectivity index (χ4v) is 4.77. The zero-order chi connectivity index (χ0) is 25.5. The van der Waals surface area contributed by atoms with Gasteiger partial charge in [-0.2, -0.15) is 4.98 Å². The molecule has 2 fully saturated rings. The molecule has 0 bridgehead atoms. The van der Waals surface area contributed by atoms with Crippen molar-refractivity contribution < 1.29 is 14.1 Å². The van der Waals surface area contributed by atoms with Gasteiger partial charge < -0.3 is 19.1 Å². The van der Waals surface area contributed by atoms with Crippen LogP contribution in [0.2, 0.25) is 0 Å². The molecule has 37 heavy (non-hydrogen) atoms. The zero-order valence-electron chi connectivity index (χ0n) is 20.5. The third-order valence-corrected chi connectivity index (χ3v) is 6.98. The first kappa shape index (κ1) is 23.4. The van der Waals surface area contributed by atoms with E-state index in [1.54, 1.807) is 18.2 Å². The first-order valence-corrected chi connectivity index (χ1v) is 12.5. The number of nitro benzene ring substituents is 1. The Hall–Kier alpha value is -4.05. The molecule has 0 amide bonds. The van der Waals surface area contributed by atoms with Crippen molar-refractivity contribution in [2.24, 2.45) is 0 Å². The smallest absolute Gasteiger partial charge is 0.273 e. The molecule has 2 aliphatic rings. The Morgan fingerprint density at radius 1 is 1.08 bits per heavy atom. The monoisotopic (exact) mass is 502 g/mol. The lowest BCUT2D eigenvalue weighted by atomic mass is 10.1. The molecule has 0 spiro atoms. The summed E-state index contributed by atoms with van der Waals surface area (Å²) in [5, 5.41) is 11.9. The van der Waals surface area contributed by atoms with Crippen molar-refractivity contribution in [2.45, 2.75) is 25.3 Å². The largest absolute Gasteiger partial charge is 0.438 e. The second kappa shape index (κ2) is 9.44. The summed E-state index contributed by atoms with van der Waals surface area (Å²) >= 11 is 0. The molecule has 4 aromatic rings. The van der Waals surface area contributed by atoms with E-state index in [-0.39, 0.29) is 11.5 Å². The number of nitrogens with zero attached hydrogens (tertiary/aromatic N) is 6. The Morgan fingerprint density at radius 3 is 2.62 bits per heavy atom. The number of aromatic nitrogens is 3. The lowest BCUT2D eigenvalue weighted by Gasteiger charge is -2.34. The van der Waals surface area contributed by atoms with Crippen LogP contribution in [0, 0.1) is 15.9 Å². The van der Waals surface area contributed by atoms with Gasteiger partial charge >= 0.3 is 0 Å². The van der Waals surface area contributed by atoms with Crippen molar-refractivity contribution in [3.63, 3.8) is 0 Å². The van der Waals surface area contributed by atoms with Crippen molar-refractivity contribution in [1.82, 2.24) is 19.4 Å². The number of non-ortho nitro benzene ring substituents is 1. The van der Waals surface area contributed by atoms with Crippen LogP contribution in [0.5, 0.6) is 11.6 Å². The van der Waals surface area contributed by atoms with Gasteiger partial charge in [-0.25, -0.2) is 9.37 Å². The molecule has 3 heterocycles. The number of rotatable bonds is 7. The molecule has 1 aliphatic heterocycles. The molecule has 0 unspecified atom stereocenters. The Kier molecular flexibility index (Phi) is 5.96. The molecule has 0 N–H and O–H groups in total.